The van der Waals surface area contributed by atoms with E-state index in [1.807, 2.05) is 32.0 Å². The van der Waals surface area contributed by atoms with Gasteiger partial charge in [0.1, 0.15) is 5.75 Å². The van der Waals surface area contributed by atoms with Crippen LogP contribution in [0.25, 0.3) is 0 Å². The molecule has 1 aromatic rings. The monoisotopic (exact) mass is 269 g/mol. The second-order valence-electron chi connectivity index (χ2n) is 4.98. The van der Waals surface area contributed by atoms with E-state index in [0.717, 1.165) is 24.3 Å². The van der Waals surface area contributed by atoms with E-state index in [9.17, 15) is 0 Å². The van der Waals surface area contributed by atoms with Crippen LogP contribution in [0.3, 0.4) is 0 Å². The van der Waals surface area contributed by atoms with Gasteiger partial charge in [0.2, 0.25) is 0 Å². The zero-order chi connectivity index (χ0) is 13.1. The molecule has 1 fully saturated rings. The predicted molar refractivity (Wildman–Crippen MR) is 74.7 cm³/mol. The van der Waals surface area contributed by atoms with Crippen LogP contribution in [0, 0.1) is 0 Å². The van der Waals surface area contributed by atoms with Crippen LogP contribution in [0.15, 0.2) is 18.2 Å². The Labute approximate surface area is 113 Å². The molecule has 3 nitrogen and oxygen atoms in total. The minimum absolute atomic E-state index is 0.135. The van der Waals surface area contributed by atoms with Gasteiger partial charge in [-0.25, -0.2) is 0 Å². The standard InChI is InChI=1S/C14H20ClNO2/c1-9(2)18-14-5-4-10(8-13(14)15)16-11-6-12(7-11)17-3/h4-5,8-9,11-12,16H,6-7H2,1-3H3. The lowest BCUT2D eigenvalue weighted by Crippen LogP contribution is -2.40. The second kappa shape index (κ2) is 5.81. The number of halogens is 1. The smallest absolute Gasteiger partial charge is 0.138 e. The molecule has 0 amide bonds. The van der Waals surface area contributed by atoms with Gasteiger partial charge in [0.25, 0.3) is 0 Å². The van der Waals surface area contributed by atoms with E-state index in [2.05, 4.69) is 5.32 Å². The summed E-state index contributed by atoms with van der Waals surface area (Å²) in [5.41, 5.74) is 1.04. The number of anilines is 1. The number of nitrogens with one attached hydrogen (secondary N) is 1. The maximum Gasteiger partial charge on any atom is 0.138 e. The lowest BCUT2D eigenvalue weighted by molar-refractivity contribution is 0.0329. The highest BCUT2D eigenvalue weighted by molar-refractivity contribution is 6.32. The van der Waals surface area contributed by atoms with Crippen LogP contribution < -0.4 is 10.1 Å². The Morgan fingerprint density at radius 2 is 2.06 bits per heavy atom. The van der Waals surface area contributed by atoms with Crippen LogP contribution in [-0.4, -0.2) is 25.4 Å². The van der Waals surface area contributed by atoms with E-state index in [0.29, 0.717) is 17.2 Å². The summed E-state index contributed by atoms with van der Waals surface area (Å²) in [6.07, 6.45) is 2.65. The molecule has 1 aromatic carbocycles. The predicted octanol–water partition coefficient (Wildman–Crippen LogP) is 3.72. The minimum Gasteiger partial charge on any atom is -0.489 e. The maximum atomic E-state index is 6.18. The molecule has 2 rings (SSSR count). The quantitative estimate of drug-likeness (QED) is 0.884. The molecule has 0 heterocycles. The van der Waals surface area contributed by atoms with Gasteiger partial charge in [0.05, 0.1) is 17.2 Å². The summed E-state index contributed by atoms with van der Waals surface area (Å²) >= 11 is 6.18. The Balaban J connectivity index is 1.93. The van der Waals surface area contributed by atoms with Crippen molar-refractivity contribution in [2.45, 2.75) is 44.9 Å². The number of hydrogen-bond donors (Lipinski definition) is 1. The zero-order valence-electron chi connectivity index (χ0n) is 11.1. The topological polar surface area (TPSA) is 30.5 Å². The molecular formula is C14H20ClNO2. The van der Waals surface area contributed by atoms with Crippen molar-refractivity contribution in [2.75, 3.05) is 12.4 Å². The number of hydrogen-bond acceptors (Lipinski definition) is 3. The minimum atomic E-state index is 0.135. The van der Waals surface area contributed by atoms with Crippen molar-refractivity contribution in [2.24, 2.45) is 0 Å². The molecule has 1 aliphatic rings. The lowest BCUT2D eigenvalue weighted by Gasteiger charge is -2.35. The Morgan fingerprint density at radius 3 is 2.61 bits per heavy atom. The van der Waals surface area contributed by atoms with Crippen LogP contribution in [0.1, 0.15) is 26.7 Å². The number of benzene rings is 1. The fourth-order valence-corrected chi connectivity index (χ4v) is 2.28. The number of ether oxygens (including phenoxy) is 2. The summed E-state index contributed by atoms with van der Waals surface area (Å²) < 4.78 is 10.9. The van der Waals surface area contributed by atoms with Crippen LogP contribution in [0.4, 0.5) is 5.69 Å². The Morgan fingerprint density at radius 1 is 1.33 bits per heavy atom. The van der Waals surface area contributed by atoms with Crippen molar-refractivity contribution in [3.63, 3.8) is 0 Å². The average Bonchev–Trinajstić information content (AvgIpc) is 2.26. The van der Waals surface area contributed by atoms with Gasteiger partial charge in [-0.3, -0.25) is 0 Å². The largest absolute Gasteiger partial charge is 0.489 e. The van der Waals surface area contributed by atoms with Crippen molar-refractivity contribution in [3.8, 4) is 5.75 Å². The molecule has 1 saturated carbocycles. The van der Waals surface area contributed by atoms with Gasteiger partial charge < -0.3 is 14.8 Å². The summed E-state index contributed by atoms with van der Waals surface area (Å²) in [4.78, 5) is 0. The zero-order valence-corrected chi connectivity index (χ0v) is 11.8. The molecule has 1 aliphatic carbocycles. The summed E-state index contributed by atoms with van der Waals surface area (Å²) in [5, 5.41) is 4.09. The molecule has 0 bridgehead atoms. The lowest BCUT2D eigenvalue weighted by atomic mass is 9.89. The molecule has 100 valence electrons. The van der Waals surface area contributed by atoms with E-state index in [-0.39, 0.29) is 6.10 Å². The molecule has 18 heavy (non-hydrogen) atoms. The van der Waals surface area contributed by atoms with Gasteiger partial charge in [0, 0.05) is 18.8 Å². The highest BCUT2D eigenvalue weighted by Crippen LogP contribution is 2.31. The fraction of sp³-hybridized carbons (Fsp3) is 0.571. The number of methoxy groups -OCH3 is 1. The van der Waals surface area contributed by atoms with Crippen LogP contribution in [0.5, 0.6) is 5.75 Å². The third kappa shape index (κ3) is 3.30. The van der Waals surface area contributed by atoms with E-state index in [1.54, 1.807) is 7.11 Å². The van der Waals surface area contributed by atoms with E-state index >= 15 is 0 Å². The van der Waals surface area contributed by atoms with Crippen molar-refractivity contribution in [1.82, 2.24) is 0 Å². The molecule has 0 saturated heterocycles. The summed E-state index contributed by atoms with van der Waals surface area (Å²) in [7, 11) is 1.76. The van der Waals surface area contributed by atoms with Gasteiger partial charge in [0.15, 0.2) is 0 Å². The van der Waals surface area contributed by atoms with Crippen LogP contribution >= 0.6 is 11.6 Å². The van der Waals surface area contributed by atoms with Gasteiger partial charge >= 0.3 is 0 Å². The summed E-state index contributed by atoms with van der Waals surface area (Å²) in [6.45, 7) is 3.98. The van der Waals surface area contributed by atoms with Crippen molar-refractivity contribution in [1.29, 1.82) is 0 Å². The molecule has 1 N–H and O–H groups in total. The van der Waals surface area contributed by atoms with E-state index < -0.39 is 0 Å². The Kier molecular flexibility index (Phi) is 4.36. The first-order chi connectivity index (χ1) is 8.58. The molecule has 0 unspecified atom stereocenters. The van der Waals surface area contributed by atoms with Crippen molar-refractivity contribution in [3.05, 3.63) is 23.2 Å². The van der Waals surface area contributed by atoms with Gasteiger partial charge in [-0.05, 0) is 44.9 Å². The Bertz CT molecular complexity index is 403. The highest BCUT2D eigenvalue weighted by Gasteiger charge is 2.28. The van der Waals surface area contributed by atoms with Crippen LogP contribution in [0.2, 0.25) is 5.02 Å². The first-order valence-corrected chi connectivity index (χ1v) is 6.72. The van der Waals surface area contributed by atoms with Gasteiger partial charge in [-0.15, -0.1) is 0 Å². The van der Waals surface area contributed by atoms with E-state index in [1.165, 1.54) is 0 Å². The van der Waals surface area contributed by atoms with Crippen molar-refractivity contribution >= 4 is 17.3 Å². The fourth-order valence-electron chi connectivity index (χ4n) is 2.05. The maximum absolute atomic E-state index is 6.18. The van der Waals surface area contributed by atoms with E-state index in [4.69, 9.17) is 21.1 Å². The summed E-state index contributed by atoms with van der Waals surface area (Å²) in [6, 6.07) is 6.32. The third-order valence-electron chi connectivity index (χ3n) is 3.09. The SMILES string of the molecule is COC1CC(Nc2ccc(OC(C)C)c(Cl)c2)C1. The summed E-state index contributed by atoms with van der Waals surface area (Å²) in [5.74, 6) is 0.737. The average molecular weight is 270 g/mol. The number of rotatable bonds is 5. The normalized spacial score (nSPS) is 22.7. The molecule has 0 radical (unpaired) electrons. The second-order valence-corrected chi connectivity index (χ2v) is 5.39. The van der Waals surface area contributed by atoms with Gasteiger partial charge in [-0.2, -0.15) is 0 Å². The third-order valence-corrected chi connectivity index (χ3v) is 3.39. The molecule has 4 heteroatoms. The molecule has 0 atom stereocenters. The van der Waals surface area contributed by atoms with Crippen LogP contribution in [-0.2, 0) is 4.74 Å². The molecule has 0 aliphatic heterocycles. The molecule has 0 spiro atoms. The Hall–Kier alpha value is -0.930. The first-order valence-electron chi connectivity index (χ1n) is 6.34. The highest BCUT2D eigenvalue weighted by atomic mass is 35.5. The van der Waals surface area contributed by atoms with Gasteiger partial charge in [-0.1, -0.05) is 11.6 Å². The molecular weight excluding hydrogens is 250 g/mol. The molecule has 0 aromatic heterocycles. The first kappa shape index (κ1) is 13.5. The van der Waals surface area contributed by atoms with Crippen molar-refractivity contribution < 1.29 is 9.47 Å².